The predicted molar refractivity (Wildman–Crippen MR) is 105 cm³/mol. The van der Waals surface area contributed by atoms with Crippen molar-refractivity contribution in [3.8, 4) is 16.4 Å². The molecule has 0 spiro atoms. The first-order chi connectivity index (χ1) is 12.6. The molecule has 9 heteroatoms. The lowest BCUT2D eigenvalue weighted by Crippen LogP contribution is -2.52. The van der Waals surface area contributed by atoms with E-state index in [1.165, 1.54) is 23.5 Å². The largest absolute Gasteiger partial charge is 0.331 e. The molecule has 0 aliphatic carbocycles. The van der Waals surface area contributed by atoms with Gasteiger partial charge in [0.25, 0.3) is 5.91 Å². The highest BCUT2D eigenvalue weighted by atomic mass is 35.5. The number of aromatic nitrogens is 3. The van der Waals surface area contributed by atoms with E-state index in [2.05, 4.69) is 15.4 Å². The van der Waals surface area contributed by atoms with Crippen LogP contribution >= 0.6 is 23.7 Å². The molecule has 0 radical (unpaired) electrons. The quantitative estimate of drug-likeness (QED) is 0.725. The normalized spacial score (nSPS) is 16.8. The summed E-state index contributed by atoms with van der Waals surface area (Å²) in [6, 6.07) is 9.93. The minimum absolute atomic E-state index is 0. The Bertz CT molecular complexity index is 912. The molecule has 1 N–H and O–H groups in total. The van der Waals surface area contributed by atoms with Crippen LogP contribution in [0, 0.1) is 5.82 Å². The van der Waals surface area contributed by atoms with Gasteiger partial charge in [-0.3, -0.25) is 4.79 Å². The van der Waals surface area contributed by atoms with Crippen molar-refractivity contribution in [2.75, 3.05) is 19.6 Å². The standard InChI is InChI=1S/C18H18FN5OS.ClH/c1-12-11-20-8-9-23(12)18(25)16-21-17(15-3-2-10-26-15)24(22-16)14-6-4-13(19)5-7-14;/h2-7,10,12,20H,8-9,11H2,1H3;1H/t12-;/m1./s1. The Morgan fingerprint density at radius 3 is 2.74 bits per heavy atom. The van der Waals surface area contributed by atoms with Gasteiger partial charge in [-0.25, -0.2) is 14.1 Å². The van der Waals surface area contributed by atoms with Crippen LogP contribution in [0.4, 0.5) is 4.39 Å². The lowest BCUT2D eigenvalue weighted by molar-refractivity contribution is 0.0643. The highest BCUT2D eigenvalue weighted by Gasteiger charge is 2.28. The highest BCUT2D eigenvalue weighted by molar-refractivity contribution is 7.13. The van der Waals surface area contributed by atoms with Gasteiger partial charge in [-0.2, -0.15) is 0 Å². The smallest absolute Gasteiger partial charge is 0.293 e. The van der Waals surface area contributed by atoms with Gasteiger partial charge in [-0.15, -0.1) is 28.8 Å². The summed E-state index contributed by atoms with van der Waals surface area (Å²) in [6.45, 7) is 4.13. The van der Waals surface area contributed by atoms with Crippen LogP contribution in [0.15, 0.2) is 41.8 Å². The van der Waals surface area contributed by atoms with Crippen molar-refractivity contribution in [2.24, 2.45) is 0 Å². The minimum Gasteiger partial charge on any atom is -0.331 e. The summed E-state index contributed by atoms with van der Waals surface area (Å²) in [6.07, 6.45) is 0. The van der Waals surface area contributed by atoms with Crippen LogP contribution in [-0.4, -0.2) is 51.2 Å². The lowest BCUT2D eigenvalue weighted by atomic mass is 10.2. The number of hydrogen-bond acceptors (Lipinski definition) is 5. The minimum atomic E-state index is -0.322. The zero-order valence-corrected chi connectivity index (χ0v) is 16.3. The van der Waals surface area contributed by atoms with Gasteiger partial charge in [-0.1, -0.05) is 6.07 Å². The molecule has 2 aromatic heterocycles. The number of halogens is 2. The van der Waals surface area contributed by atoms with E-state index < -0.39 is 0 Å². The van der Waals surface area contributed by atoms with Crippen molar-refractivity contribution in [3.63, 3.8) is 0 Å². The monoisotopic (exact) mass is 407 g/mol. The molecule has 1 aliphatic rings. The molecule has 1 saturated heterocycles. The molecule has 1 aromatic carbocycles. The predicted octanol–water partition coefficient (Wildman–Crippen LogP) is 2.99. The number of rotatable bonds is 3. The van der Waals surface area contributed by atoms with E-state index in [1.54, 1.807) is 21.7 Å². The number of carbonyl (C=O) groups is 1. The van der Waals surface area contributed by atoms with Gasteiger partial charge in [0.1, 0.15) is 5.82 Å². The average Bonchev–Trinajstić information content (AvgIpc) is 3.32. The van der Waals surface area contributed by atoms with E-state index >= 15 is 0 Å². The maximum absolute atomic E-state index is 13.3. The molecule has 0 bridgehead atoms. The molecule has 0 saturated carbocycles. The first-order valence-corrected chi connectivity index (χ1v) is 9.30. The third-order valence-electron chi connectivity index (χ3n) is 4.37. The SMILES string of the molecule is C[C@@H]1CNCCN1C(=O)c1nc(-c2cccs2)n(-c2ccc(F)cc2)n1.Cl. The van der Waals surface area contributed by atoms with E-state index in [1.807, 2.05) is 24.4 Å². The van der Waals surface area contributed by atoms with E-state index in [9.17, 15) is 9.18 Å². The molecule has 142 valence electrons. The summed E-state index contributed by atoms with van der Waals surface area (Å²) < 4.78 is 14.9. The lowest BCUT2D eigenvalue weighted by Gasteiger charge is -2.33. The van der Waals surface area contributed by atoms with Crippen molar-refractivity contribution < 1.29 is 9.18 Å². The molecule has 1 fully saturated rings. The van der Waals surface area contributed by atoms with Crippen LogP contribution in [0.2, 0.25) is 0 Å². The van der Waals surface area contributed by atoms with Gasteiger partial charge in [0, 0.05) is 25.7 Å². The number of hydrogen-bond donors (Lipinski definition) is 1. The molecule has 1 amide bonds. The zero-order chi connectivity index (χ0) is 18.1. The van der Waals surface area contributed by atoms with Gasteiger partial charge in [0.2, 0.25) is 5.82 Å². The van der Waals surface area contributed by atoms with Crippen LogP contribution < -0.4 is 5.32 Å². The first-order valence-electron chi connectivity index (χ1n) is 8.42. The fraction of sp³-hybridized carbons (Fsp3) is 0.278. The maximum Gasteiger partial charge on any atom is 0.293 e. The van der Waals surface area contributed by atoms with Crippen molar-refractivity contribution in [1.29, 1.82) is 0 Å². The van der Waals surface area contributed by atoms with Crippen LogP contribution in [0.25, 0.3) is 16.4 Å². The molecule has 0 unspecified atom stereocenters. The van der Waals surface area contributed by atoms with E-state index in [0.29, 0.717) is 18.1 Å². The Balaban J connectivity index is 0.00000210. The van der Waals surface area contributed by atoms with Crippen molar-refractivity contribution in [2.45, 2.75) is 13.0 Å². The Hall–Kier alpha value is -2.29. The van der Waals surface area contributed by atoms with Crippen LogP contribution in [0.3, 0.4) is 0 Å². The Labute approximate surface area is 166 Å². The second kappa shape index (κ2) is 8.16. The van der Waals surface area contributed by atoms with Crippen molar-refractivity contribution in [3.05, 3.63) is 53.4 Å². The number of piperazine rings is 1. The molecule has 6 nitrogen and oxygen atoms in total. The summed E-state index contributed by atoms with van der Waals surface area (Å²) in [5.74, 6) is 0.236. The number of nitrogens with one attached hydrogen (secondary N) is 1. The fourth-order valence-corrected chi connectivity index (χ4v) is 3.70. The van der Waals surface area contributed by atoms with E-state index in [0.717, 1.165) is 18.0 Å². The van der Waals surface area contributed by atoms with Crippen molar-refractivity contribution >= 4 is 29.7 Å². The number of thiophene rings is 1. The summed E-state index contributed by atoms with van der Waals surface area (Å²) >= 11 is 1.52. The molecule has 3 aromatic rings. The molecular formula is C18H19ClFN5OS. The second-order valence-electron chi connectivity index (χ2n) is 6.18. The molecule has 1 aliphatic heterocycles. The molecular weight excluding hydrogens is 389 g/mol. The Morgan fingerprint density at radius 2 is 2.07 bits per heavy atom. The van der Waals surface area contributed by atoms with Gasteiger partial charge < -0.3 is 10.2 Å². The molecule has 1 atom stereocenters. The van der Waals surface area contributed by atoms with Crippen LogP contribution in [0.5, 0.6) is 0 Å². The number of nitrogens with zero attached hydrogens (tertiary/aromatic N) is 4. The fourth-order valence-electron chi connectivity index (χ4n) is 3.00. The van der Waals surface area contributed by atoms with E-state index in [-0.39, 0.29) is 36.0 Å². The molecule has 3 heterocycles. The first kappa shape index (κ1) is 19.5. The highest BCUT2D eigenvalue weighted by Crippen LogP contribution is 2.26. The Morgan fingerprint density at radius 1 is 1.30 bits per heavy atom. The van der Waals surface area contributed by atoms with Gasteiger partial charge in [0.05, 0.1) is 10.6 Å². The Kier molecular flexibility index (Phi) is 5.88. The van der Waals surface area contributed by atoms with Gasteiger partial charge in [-0.05, 0) is 42.6 Å². The third-order valence-corrected chi connectivity index (χ3v) is 5.24. The summed E-state index contributed by atoms with van der Waals surface area (Å²) in [5.41, 5.74) is 0.662. The second-order valence-corrected chi connectivity index (χ2v) is 7.12. The van der Waals surface area contributed by atoms with Crippen molar-refractivity contribution in [1.82, 2.24) is 25.0 Å². The molecule has 4 rings (SSSR count). The number of amides is 1. The van der Waals surface area contributed by atoms with E-state index in [4.69, 9.17) is 0 Å². The maximum atomic E-state index is 13.3. The summed E-state index contributed by atoms with van der Waals surface area (Å²) in [5, 5.41) is 9.66. The zero-order valence-electron chi connectivity index (χ0n) is 14.6. The topological polar surface area (TPSA) is 63.1 Å². The number of carbonyl (C=O) groups excluding carboxylic acids is 1. The summed E-state index contributed by atoms with van der Waals surface area (Å²) in [4.78, 5) is 20.1. The van der Waals surface area contributed by atoms with Crippen LogP contribution in [0.1, 0.15) is 17.5 Å². The van der Waals surface area contributed by atoms with Gasteiger partial charge >= 0.3 is 0 Å². The average molecular weight is 408 g/mol. The number of benzene rings is 1. The summed E-state index contributed by atoms with van der Waals surface area (Å²) in [7, 11) is 0. The molecule has 27 heavy (non-hydrogen) atoms. The van der Waals surface area contributed by atoms with Crippen LogP contribution in [-0.2, 0) is 0 Å². The van der Waals surface area contributed by atoms with Gasteiger partial charge in [0.15, 0.2) is 5.82 Å². The third kappa shape index (κ3) is 3.87.